The first-order valence-electron chi connectivity index (χ1n) is 11.4. The Kier molecular flexibility index (Phi) is 7.00. The predicted molar refractivity (Wildman–Crippen MR) is 124 cm³/mol. The lowest BCUT2D eigenvalue weighted by Crippen LogP contribution is -2.65. The Morgan fingerprint density at radius 1 is 1.23 bits per heavy atom. The van der Waals surface area contributed by atoms with Crippen molar-refractivity contribution in [2.45, 2.75) is 97.0 Å². The monoisotopic (exact) mass is 454 g/mol. The van der Waals surface area contributed by atoms with E-state index >= 15 is 0 Å². The van der Waals surface area contributed by atoms with Crippen LogP contribution >= 0.6 is 11.8 Å². The van der Waals surface area contributed by atoms with E-state index in [1.165, 1.54) is 6.42 Å². The highest BCUT2D eigenvalue weighted by atomic mass is 32.2. The number of amides is 2. The van der Waals surface area contributed by atoms with E-state index in [1.807, 2.05) is 13.2 Å². The van der Waals surface area contributed by atoms with Crippen molar-refractivity contribution in [2.24, 2.45) is 17.3 Å². The van der Waals surface area contributed by atoms with Gasteiger partial charge in [-0.15, -0.1) is 0 Å². The number of carbonyl (C=O) groups excluding carboxylic acids is 2. The van der Waals surface area contributed by atoms with E-state index in [4.69, 9.17) is 14.0 Å². The lowest BCUT2D eigenvalue weighted by Gasteiger charge is -2.64. The first-order valence-corrected chi connectivity index (χ1v) is 12.8. The highest BCUT2D eigenvalue weighted by Crippen LogP contribution is 2.65. The Labute approximate surface area is 191 Å². The summed E-state index contributed by atoms with van der Waals surface area (Å²) in [6.07, 6.45) is 4.17. The van der Waals surface area contributed by atoms with Crippen molar-refractivity contribution in [3.8, 4) is 0 Å². The van der Waals surface area contributed by atoms with Crippen LogP contribution in [0.3, 0.4) is 0 Å². The van der Waals surface area contributed by atoms with E-state index in [-0.39, 0.29) is 29.0 Å². The maximum atomic E-state index is 13.0. The summed E-state index contributed by atoms with van der Waals surface area (Å²) in [7, 11) is -0.489. The van der Waals surface area contributed by atoms with E-state index in [0.717, 1.165) is 12.2 Å². The molecule has 3 saturated carbocycles. The van der Waals surface area contributed by atoms with Gasteiger partial charge in [0.1, 0.15) is 11.6 Å². The molecule has 9 heteroatoms. The van der Waals surface area contributed by atoms with Crippen LogP contribution < -0.4 is 10.6 Å². The molecule has 0 radical (unpaired) electrons. The van der Waals surface area contributed by atoms with E-state index in [1.54, 1.807) is 32.5 Å². The molecule has 6 atom stereocenters. The Morgan fingerprint density at radius 3 is 2.48 bits per heavy atom. The zero-order valence-corrected chi connectivity index (χ0v) is 21.1. The molecule has 4 rings (SSSR count). The highest BCUT2D eigenvalue weighted by molar-refractivity contribution is 7.98. The van der Waals surface area contributed by atoms with Gasteiger partial charge < -0.3 is 24.7 Å². The fourth-order valence-electron chi connectivity index (χ4n) is 5.46. The summed E-state index contributed by atoms with van der Waals surface area (Å²) < 4.78 is 18.1. The molecule has 0 unspecified atom stereocenters. The van der Waals surface area contributed by atoms with Crippen molar-refractivity contribution in [3.05, 3.63) is 0 Å². The molecule has 31 heavy (non-hydrogen) atoms. The molecular formula is C22H39BN2O5S. The topological polar surface area (TPSA) is 85.9 Å². The Morgan fingerprint density at radius 2 is 1.90 bits per heavy atom. The quantitative estimate of drug-likeness (QED) is 0.574. The molecule has 1 saturated heterocycles. The number of thioether (sulfide) groups is 1. The van der Waals surface area contributed by atoms with Crippen LogP contribution in [-0.2, 0) is 18.8 Å². The van der Waals surface area contributed by atoms with Gasteiger partial charge in [-0.05, 0) is 83.1 Å². The van der Waals surface area contributed by atoms with Crippen molar-refractivity contribution in [1.82, 2.24) is 10.6 Å². The van der Waals surface area contributed by atoms with Gasteiger partial charge >= 0.3 is 13.2 Å². The minimum atomic E-state index is -0.671. The molecule has 1 heterocycles. The van der Waals surface area contributed by atoms with Gasteiger partial charge in [0, 0.05) is 0 Å². The molecule has 7 nitrogen and oxygen atoms in total. The Hall–Kier alpha value is -0.925. The van der Waals surface area contributed by atoms with Crippen LogP contribution in [-0.4, -0.2) is 60.4 Å². The molecule has 2 amide bonds. The summed E-state index contributed by atoms with van der Waals surface area (Å²) in [5.41, 5.74) is -0.658. The van der Waals surface area contributed by atoms with E-state index < -0.39 is 24.9 Å². The molecule has 0 aromatic rings. The summed E-state index contributed by atoms with van der Waals surface area (Å²) >= 11 is 1.63. The van der Waals surface area contributed by atoms with Crippen molar-refractivity contribution < 1.29 is 23.6 Å². The van der Waals surface area contributed by atoms with Crippen LogP contribution in [0.5, 0.6) is 0 Å². The van der Waals surface area contributed by atoms with Crippen molar-refractivity contribution in [1.29, 1.82) is 0 Å². The zero-order valence-electron chi connectivity index (χ0n) is 20.2. The van der Waals surface area contributed by atoms with Crippen molar-refractivity contribution in [3.63, 3.8) is 0 Å². The molecule has 3 aliphatic carbocycles. The third kappa shape index (κ3) is 5.03. The van der Waals surface area contributed by atoms with Crippen LogP contribution in [0.2, 0.25) is 0 Å². The summed E-state index contributed by atoms with van der Waals surface area (Å²) in [6.45, 7) is 14.1. The van der Waals surface area contributed by atoms with Gasteiger partial charge in [-0.3, -0.25) is 4.79 Å². The minimum absolute atomic E-state index is 0.0702. The molecule has 4 aliphatic rings. The molecule has 0 aromatic heterocycles. The maximum absolute atomic E-state index is 13.0. The van der Waals surface area contributed by atoms with Gasteiger partial charge in [0.15, 0.2) is 0 Å². The Bertz CT molecular complexity index is 700. The number of hydrogen-bond donors (Lipinski definition) is 2. The second-order valence-corrected chi connectivity index (χ2v) is 12.1. The smallest absolute Gasteiger partial charge is 0.444 e. The average molecular weight is 454 g/mol. The largest absolute Gasteiger partial charge is 0.481 e. The zero-order chi connectivity index (χ0) is 23.2. The predicted octanol–water partition coefficient (Wildman–Crippen LogP) is 3.41. The number of hydrogen-bond acceptors (Lipinski definition) is 6. The van der Waals surface area contributed by atoms with Gasteiger partial charge in [-0.1, -0.05) is 13.8 Å². The lowest BCUT2D eigenvalue weighted by molar-refractivity contribution is -0.199. The van der Waals surface area contributed by atoms with Gasteiger partial charge in [-0.25, -0.2) is 4.79 Å². The molecule has 0 spiro atoms. The first kappa shape index (κ1) is 24.7. The van der Waals surface area contributed by atoms with Gasteiger partial charge in [-0.2, -0.15) is 11.8 Å². The summed E-state index contributed by atoms with van der Waals surface area (Å²) in [5.74, 6) is 1.32. The molecule has 0 aromatic carbocycles. The normalized spacial score (nSPS) is 33.0. The summed E-state index contributed by atoms with van der Waals surface area (Å²) in [4.78, 5) is 25.2. The fourth-order valence-corrected chi connectivity index (χ4v) is 5.93. The van der Waals surface area contributed by atoms with Crippen molar-refractivity contribution >= 4 is 30.9 Å². The number of nitrogens with one attached hydrogen (secondary N) is 2. The number of ether oxygens (including phenoxy) is 1. The van der Waals surface area contributed by atoms with Crippen LogP contribution in [0, 0.1) is 17.3 Å². The number of rotatable bonds is 7. The minimum Gasteiger partial charge on any atom is -0.444 e. The SMILES string of the molecule is CSCC[C@@H](NC(=O)OC(C)(C)C)C(=O)N[C@@H](C)B1O[C@@H]2C[C@@H]3C[C@@H](C3(C)C)[C@]2(C)O1. The lowest BCUT2D eigenvalue weighted by atomic mass is 9.43. The summed E-state index contributed by atoms with van der Waals surface area (Å²) in [5, 5.41) is 5.72. The average Bonchev–Trinajstić information content (AvgIpc) is 3.00. The van der Waals surface area contributed by atoms with Crippen LogP contribution in [0.4, 0.5) is 4.79 Å². The molecule has 176 valence electrons. The van der Waals surface area contributed by atoms with Crippen molar-refractivity contribution in [2.75, 3.05) is 12.0 Å². The van der Waals surface area contributed by atoms with Crippen LogP contribution in [0.15, 0.2) is 0 Å². The second kappa shape index (κ2) is 8.78. The van der Waals surface area contributed by atoms with E-state index in [0.29, 0.717) is 18.3 Å². The third-order valence-corrected chi connectivity index (χ3v) is 8.01. The highest BCUT2D eigenvalue weighted by Gasteiger charge is 2.68. The molecule has 4 fully saturated rings. The fraction of sp³-hybridized carbons (Fsp3) is 0.909. The van der Waals surface area contributed by atoms with E-state index in [2.05, 4.69) is 31.4 Å². The van der Waals surface area contributed by atoms with Gasteiger partial charge in [0.2, 0.25) is 5.91 Å². The van der Waals surface area contributed by atoms with Gasteiger partial charge in [0.05, 0.1) is 17.6 Å². The number of carbonyl (C=O) groups is 2. The number of alkyl carbamates (subject to hydrolysis) is 1. The van der Waals surface area contributed by atoms with E-state index in [9.17, 15) is 9.59 Å². The summed E-state index contributed by atoms with van der Waals surface area (Å²) in [6, 6.07) is -0.671. The molecular weight excluding hydrogens is 415 g/mol. The van der Waals surface area contributed by atoms with Crippen LogP contribution in [0.1, 0.15) is 67.7 Å². The molecule has 2 N–H and O–H groups in total. The van der Waals surface area contributed by atoms with Gasteiger partial charge in [0.25, 0.3) is 0 Å². The standard InChI is InChI=1S/C22H39BN2O5S/c1-13(23-29-17-12-14-11-16(21(14,5)6)22(17,7)30-23)24-18(26)15(9-10-31-8)25-19(27)28-20(2,3)4/h13-17H,9-12H2,1-8H3,(H,24,26)(H,25,27)/t13-,14-,15+,16-,17+,22-/m0/s1. The molecule has 1 aliphatic heterocycles. The molecule has 2 bridgehead atoms. The first-order chi connectivity index (χ1) is 14.3. The van der Waals surface area contributed by atoms with Crippen LogP contribution in [0.25, 0.3) is 0 Å². The maximum Gasteiger partial charge on any atom is 0.481 e. The second-order valence-electron chi connectivity index (χ2n) is 11.1. The third-order valence-electron chi connectivity index (χ3n) is 7.37. The Balaban J connectivity index is 1.59.